The van der Waals surface area contributed by atoms with Gasteiger partial charge in [0.25, 0.3) is 10.1 Å². The normalized spacial score (nSPS) is 11.9. The summed E-state index contributed by atoms with van der Waals surface area (Å²) in [5, 5.41) is 1.36. The molecule has 178 valence electrons. The van der Waals surface area contributed by atoms with Crippen LogP contribution >= 0.6 is 0 Å². The third kappa shape index (κ3) is 4.50. The predicted molar refractivity (Wildman–Crippen MR) is 137 cm³/mol. The zero-order valence-corrected chi connectivity index (χ0v) is 20.2. The molecule has 0 atom stereocenters. The summed E-state index contributed by atoms with van der Waals surface area (Å²) in [6.07, 6.45) is 0. The molecule has 1 aliphatic heterocycles. The highest BCUT2D eigenvalue weighted by Gasteiger charge is 2.18. The van der Waals surface area contributed by atoms with Crippen molar-refractivity contribution in [1.82, 2.24) is 4.98 Å². The summed E-state index contributed by atoms with van der Waals surface area (Å²) in [6, 6.07) is 21.0. The van der Waals surface area contributed by atoms with Crippen molar-refractivity contribution in [3.63, 3.8) is 0 Å². The summed E-state index contributed by atoms with van der Waals surface area (Å²) < 4.78 is 36.3. The van der Waals surface area contributed by atoms with E-state index < -0.39 is 10.1 Å². The Bertz CT molecular complexity index is 1660. The number of anilines is 1. The molecule has 3 aromatic carbocycles. The fourth-order valence-corrected chi connectivity index (χ4v) is 5.01. The summed E-state index contributed by atoms with van der Waals surface area (Å²) in [6.45, 7) is 4.87. The lowest BCUT2D eigenvalue weighted by Gasteiger charge is -2.23. The molecule has 0 N–H and O–H groups in total. The van der Waals surface area contributed by atoms with Gasteiger partial charge in [-0.2, -0.15) is 8.42 Å². The largest absolute Gasteiger partial charge is 0.453 e. The Morgan fingerprint density at radius 1 is 0.971 bits per heavy atom. The molecule has 1 heterocycles. The van der Waals surface area contributed by atoms with Gasteiger partial charge in [-0.1, -0.05) is 42.0 Å². The fourth-order valence-electron chi connectivity index (χ4n) is 4.11. The van der Waals surface area contributed by atoms with Crippen LogP contribution in [0.5, 0.6) is 0 Å². The van der Waals surface area contributed by atoms with E-state index in [9.17, 15) is 13.2 Å². The average molecular weight is 489 g/mol. The molecule has 35 heavy (non-hydrogen) atoms. The first-order valence-electron chi connectivity index (χ1n) is 11.3. The molecule has 1 aliphatic carbocycles. The van der Waals surface area contributed by atoms with E-state index in [2.05, 4.69) is 0 Å². The van der Waals surface area contributed by atoms with E-state index in [1.165, 1.54) is 6.07 Å². The van der Waals surface area contributed by atoms with E-state index in [0.717, 1.165) is 16.6 Å². The maximum Gasteiger partial charge on any atom is 0.297 e. The van der Waals surface area contributed by atoms with Crippen LogP contribution in [0.4, 0.5) is 5.69 Å². The second kappa shape index (κ2) is 9.13. The van der Waals surface area contributed by atoms with Gasteiger partial charge in [-0.15, -0.1) is 0 Å². The molecule has 0 amide bonds. The molecule has 0 bridgehead atoms. The Morgan fingerprint density at radius 2 is 1.71 bits per heavy atom. The van der Waals surface area contributed by atoms with Gasteiger partial charge in [0.15, 0.2) is 16.8 Å². The van der Waals surface area contributed by atoms with Crippen LogP contribution in [-0.4, -0.2) is 33.1 Å². The van der Waals surface area contributed by atoms with Gasteiger partial charge >= 0.3 is 0 Å². The van der Waals surface area contributed by atoms with Gasteiger partial charge in [0, 0.05) is 41.7 Å². The van der Waals surface area contributed by atoms with E-state index in [4.69, 9.17) is 13.6 Å². The number of rotatable bonds is 7. The molecule has 8 heteroatoms. The number of hydrogen-bond donors (Lipinski definition) is 0. The smallest absolute Gasteiger partial charge is 0.297 e. The van der Waals surface area contributed by atoms with Crippen LogP contribution in [0.15, 0.2) is 86.9 Å². The number of aromatic nitrogens is 1. The average Bonchev–Trinajstić information content (AvgIpc) is 2.86. The van der Waals surface area contributed by atoms with E-state index in [1.807, 2.05) is 55.1 Å². The van der Waals surface area contributed by atoms with E-state index in [1.54, 1.807) is 30.3 Å². The van der Waals surface area contributed by atoms with Gasteiger partial charge < -0.3 is 9.32 Å². The maximum atomic E-state index is 12.5. The van der Waals surface area contributed by atoms with Crippen molar-refractivity contribution in [3.05, 3.63) is 88.6 Å². The molecule has 0 saturated heterocycles. The quantitative estimate of drug-likeness (QED) is 0.181. The minimum atomic E-state index is -3.83. The molecule has 0 radical (unpaired) electrons. The van der Waals surface area contributed by atoms with Crippen LogP contribution in [0.1, 0.15) is 12.5 Å². The molecule has 0 aromatic heterocycles. The maximum absolute atomic E-state index is 12.5. The molecule has 0 unspecified atom stereocenters. The number of benzene rings is 4. The summed E-state index contributed by atoms with van der Waals surface area (Å²) in [4.78, 5) is 19.4. The summed E-state index contributed by atoms with van der Waals surface area (Å²) in [5.74, 6) is 0.425. The van der Waals surface area contributed by atoms with Gasteiger partial charge in [-0.05, 0) is 38.1 Å². The molecule has 7 nitrogen and oxygen atoms in total. The van der Waals surface area contributed by atoms with Crippen LogP contribution in [0.3, 0.4) is 0 Å². The van der Waals surface area contributed by atoms with Crippen molar-refractivity contribution in [2.24, 2.45) is 0 Å². The van der Waals surface area contributed by atoms with Crippen molar-refractivity contribution < 1.29 is 17.0 Å². The predicted octanol–water partition coefficient (Wildman–Crippen LogP) is 4.99. The van der Waals surface area contributed by atoms with E-state index in [0.29, 0.717) is 41.0 Å². The molecular formula is C27H24N2O5S. The Morgan fingerprint density at radius 3 is 2.46 bits per heavy atom. The van der Waals surface area contributed by atoms with Crippen LogP contribution in [-0.2, 0) is 14.3 Å². The lowest BCUT2D eigenvalue weighted by Crippen LogP contribution is -2.28. The first-order chi connectivity index (χ1) is 16.9. The van der Waals surface area contributed by atoms with Crippen LogP contribution in [0.25, 0.3) is 33.3 Å². The second-order valence-corrected chi connectivity index (χ2v) is 9.92. The van der Waals surface area contributed by atoms with Gasteiger partial charge in [0.05, 0.1) is 11.5 Å². The SMILES string of the molecule is CCN(CCOS(=O)(=O)c1ccc(C)cc1)c1ccc2nc3c4ccccc4c(=O)cc-3oc2c1. The van der Waals surface area contributed by atoms with Crippen molar-refractivity contribution in [2.45, 2.75) is 18.7 Å². The van der Waals surface area contributed by atoms with Crippen molar-refractivity contribution in [2.75, 3.05) is 24.6 Å². The van der Waals surface area contributed by atoms with Gasteiger partial charge in [-0.3, -0.25) is 8.98 Å². The van der Waals surface area contributed by atoms with E-state index in [-0.39, 0.29) is 16.9 Å². The zero-order valence-electron chi connectivity index (χ0n) is 19.4. The zero-order chi connectivity index (χ0) is 24.6. The molecule has 5 rings (SSSR count). The van der Waals surface area contributed by atoms with Crippen molar-refractivity contribution in [3.8, 4) is 11.5 Å². The highest BCUT2D eigenvalue weighted by molar-refractivity contribution is 7.86. The Hall–Kier alpha value is -3.75. The number of likely N-dealkylation sites (N-methyl/N-ethyl adjacent to an activating group) is 1. The van der Waals surface area contributed by atoms with Crippen molar-refractivity contribution in [1.29, 1.82) is 0 Å². The first-order valence-corrected chi connectivity index (χ1v) is 12.7. The molecule has 0 spiro atoms. The molecule has 0 saturated carbocycles. The standard InChI is InChI=1S/C27H24N2O5S/c1-3-29(14-15-33-35(31,32)20-11-8-18(2)9-12-20)19-10-13-23-25(16-19)34-26-17-24(30)21-6-4-5-7-22(21)27(26)28-23/h4-13,16-17H,3,14-15H2,1-2H3. The first kappa shape index (κ1) is 23.0. The number of fused-ring (bicyclic) bond motifs is 4. The molecule has 2 aliphatic rings. The third-order valence-corrected chi connectivity index (χ3v) is 7.32. The highest BCUT2D eigenvalue weighted by atomic mass is 32.2. The fraction of sp³-hybridized carbons (Fsp3) is 0.185. The molecular weight excluding hydrogens is 464 g/mol. The Labute approximate surface area is 203 Å². The Kier molecular flexibility index (Phi) is 6.00. The minimum Gasteiger partial charge on any atom is -0.453 e. The van der Waals surface area contributed by atoms with Gasteiger partial charge in [-0.25, -0.2) is 4.98 Å². The van der Waals surface area contributed by atoms with Crippen LogP contribution in [0, 0.1) is 6.92 Å². The molecule has 3 aromatic rings. The summed E-state index contributed by atoms with van der Waals surface area (Å²) >= 11 is 0. The van der Waals surface area contributed by atoms with E-state index >= 15 is 0 Å². The highest BCUT2D eigenvalue weighted by Crippen LogP contribution is 2.31. The number of nitrogens with zero attached hydrogens (tertiary/aromatic N) is 2. The number of aryl methyl sites for hydroxylation is 1. The number of hydrogen-bond acceptors (Lipinski definition) is 7. The monoisotopic (exact) mass is 488 g/mol. The van der Waals surface area contributed by atoms with Gasteiger partial charge in [0.2, 0.25) is 0 Å². The minimum absolute atomic E-state index is 0.000725. The van der Waals surface area contributed by atoms with Crippen LogP contribution < -0.4 is 10.3 Å². The second-order valence-electron chi connectivity index (χ2n) is 8.30. The lowest BCUT2D eigenvalue weighted by atomic mass is 10.0. The molecule has 0 fully saturated rings. The Balaban J connectivity index is 1.40. The topological polar surface area (TPSA) is 89.7 Å². The van der Waals surface area contributed by atoms with Gasteiger partial charge in [0.1, 0.15) is 11.2 Å². The summed E-state index contributed by atoms with van der Waals surface area (Å²) in [5.41, 5.74) is 3.54. The van der Waals surface area contributed by atoms with Crippen molar-refractivity contribution >= 4 is 37.7 Å². The third-order valence-electron chi connectivity index (χ3n) is 6.00. The summed E-state index contributed by atoms with van der Waals surface area (Å²) in [7, 11) is -3.83. The lowest BCUT2D eigenvalue weighted by molar-refractivity contribution is 0.324. The van der Waals surface area contributed by atoms with Crippen LogP contribution in [0.2, 0.25) is 0 Å².